The molecule has 2 nitrogen and oxygen atoms in total. The van der Waals surface area contributed by atoms with Gasteiger partial charge in [-0.2, -0.15) is 0 Å². The third kappa shape index (κ3) is 1.18. The highest BCUT2D eigenvalue weighted by Gasteiger charge is 2.44. The quantitative estimate of drug-likeness (QED) is 0.600. The minimum absolute atomic E-state index is 0.137. The molecular formula is C10H17NO. The smallest absolute Gasteiger partial charge is 0.136 e. The predicted octanol–water partition coefficient (Wildman–Crippen LogP) is 1.50. The highest BCUT2D eigenvalue weighted by atomic mass is 16.1. The summed E-state index contributed by atoms with van der Waals surface area (Å²) in [6, 6.07) is 0.750. The SMILES string of the molecule is CC12CCCC[C@@H]1N[C@H](C=O)C2. The van der Waals surface area contributed by atoms with Gasteiger partial charge in [0.25, 0.3) is 0 Å². The Morgan fingerprint density at radius 1 is 1.50 bits per heavy atom. The van der Waals surface area contributed by atoms with Crippen molar-refractivity contribution >= 4 is 6.29 Å². The molecule has 0 amide bonds. The zero-order chi connectivity index (χ0) is 8.60. The molecule has 1 unspecified atom stereocenters. The highest BCUT2D eigenvalue weighted by Crippen LogP contribution is 2.43. The average Bonchev–Trinajstić information content (AvgIpc) is 2.41. The van der Waals surface area contributed by atoms with Gasteiger partial charge in [0.2, 0.25) is 0 Å². The molecule has 2 rings (SSSR count). The van der Waals surface area contributed by atoms with Gasteiger partial charge >= 0.3 is 0 Å². The average molecular weight is 167 g/mol. The monoisotopic (exact) mass is 167 g/mol. The van der Waals surface area contributed by atoms with E-state index in [1.54, 1.807) is 0 Å². The summed E-state index contributed by atoms with van der Waals surface area (Å²) in [6.07, 6.45) is 7.37. The number of carbonyl (C=O) groups excluding carboxylic acids is 1. The Bertz CT molecular complexity index is 192. The van der Waals surface area contributed by atoms with Crippen LogP contribution in [0.2, 0.25) is 0 Å². The van der Waals surface area contributed by atoms with Crippen LogP contribution in [-0.4, -0.2) is 18.4 Å². The van der Waals surface area contributed by atoms with Crippen molar-refractivity contribution in [3.05, 3.63) is 0 Å². The molecule has 1 heterocycles. The number of fused-ring (bicyclic) bond motifs is 1. The third-order valence-electron chi connectivity index (χ3n) is 3.60. The summed E-state index contributed by atoms with van der Waals surface area (Å²) in [5, 5.41) is 3.42. The van der Waals surface area contributed by atoms with Gasteiger partial charge < -0.3 is 10.1 Å². The molecule has 0 spiro atoms. The van der Waals surface area contributed by atoms with E-state index in [0.717, 1.165) is 12.7 Å². The van der Waals surface area contributed by atoms with Gasteiger partial charge in [-0.05, 0) is 24.7 Å². The Labute approximate surface area is 73.7 Å². The maximum atomic E-state index is 10.6. The molecule has 0 aromatic rings. The predicted molar refractivity (Wildman–Crippen MR) is 48.0 cm³/mol. The van der Waals surface area contributed by atoms with Crippen LogP contribution >= 0.6 is 0 Å². The van der Waals surface area contributed by atoms with E-state index >= 15 is 0 Å². The van der Waals surface area contributed by atoms with Crippen LogP contribution in [0.3, 0.4) is 0 Å². The first-order chi connectivity index (χ1) is 5.74. The van der Waals surface area contributed by atoms with E-state index in [1.807, 2.05) is 0 Å². The largest absolute Gasteiger partial charge is 0.304 e. The molecular weight excluding hydrogens is 150 g/mol. The van der Waals surface area contributed by atoms with E-state index < -0.39 is 0 Å². The second-order valence-corrected chi connectivity index (χ2v) is 4.57. The van der Waals surface area contributed by atoms with E-state index in [4.69, 9.17) is 0 Å². The van der Waals surface area contributed by atoms with E-state index in [1.165, 1.54) is 25.7 Å². The van der Waals surface area contributed by atoms with Crippen molar-refractivity contribution in [2.24, 2.45) is 5.41 Å². The van der Waals surface area contributed by atoms with Crippen LogP contribution in [0.25, 0.3) is 0 Å². The zero-order valence-corrected chi connectivity index (χ0v) is 7.68. The molecule has 1 N–H and O–H groups in total. The Hall–Kier alpha value is -0.370. The van der Waals surface area contributed by atoms with E-state index in [2.05, 4.69) is 12.2 Å². The van der Waals surface area contributed by atoms with E-state index in [0.29, 0.717) is 11.5 Å². The minimum Gasteiger partial charge on any atom is -0.304 e. The van der Waals surface area contributed by atoms with Crippen molar-refractivity contribution in [1.29, 1.82) is 0 Å². The van der Waals surface area contributed by atoms with Gasteiger partial charge in [0.15, 0.2) is 0 Å². The molecule has 2 heteroatoms. The van der Waals surface area contributed by atoms with Crippen LogP contribution < -0.4 is 5.32 Å². The van der Waals surface area contributed by atoms with Crippen molar-refractivity contribution in [3.8, 4) is 0 Å². The number of hydrogen-bond donors (Lipinski definition) is 1. The maximum Gasteiger partial charge on any atom is 0.136 e. The normalized spacial score (nSPS) is 47.1. The second-order valence-electron chi connectivity index (χ2n) is 4.57. The molecule has 0 radical (unpaired) electrons. The number of rotatable bonds is 1. The Balaban J connectivity index is 2.10. The van der Waals surface area contributed by atoms with Crippen LogP contribution in [0.1, 0.15) is 39.0 Å². The molecule has 0 aromatic heterocycles. The summed E-state index contributed by atoms with van der Waals surface area (Å²) in [5.41, 5.74) is 0.420. The van der Waals surface area contributed by atoms with Gasteiger partial charge in [-0.3, -0.25) is 0 Å². The van der Waals surface area contributed by atoms with Crippen molar-refractivity contribution in [3.63, 3.8) is 0 Å². The first kappa shape index (κ1) is 8.24. The maximum absolute atomic E-state index is 10.6. The van der Waals surface area contributed by atoms with Crippen molar-refractivity contribution in [2.75, 3.05) is 0 Å². The van der Waals surface area contributed by atoms with Crippen molar-refractivity contribution < 1.29 is 4.79 Å². The lowest BCUT2D eigenvalue weighted by atomic mass is 9.72. The van der Waals surface area contributed by atoms with Gasteiger partial charge in [-0.1, -0.05) is 19.8 Å². The lowest BCUT2D eigenvalue weighted by molar-refractivity contribution is -0.109. The summed E-state index contributed by atoms with van der Waals surface area (Å²) < 4.78 is 0. The van der Waals surface area contributed by atoms with Crippen LogP contribution in [0, 0.1) is 5.41 Å². The van der Waals surface area contributed by atoms with Gasteiger partial charge in [-0.25, -0.2) is 0 Å². The van der Waals surface area contributed by atoms with Crippen LogP contribution in [0.4, 0.5) is 0 Å². The molecule has 2 aliphatic rings. The minimum atomic E-state index is 0.137. The Kier molecular flexibility index (Phi) is 1.95. The Morgan fingerprint density at radius 2 is 2.33 bits per heavy atom. The summed E-state index contributed by atoms with van der Waals surface area (Å²) in [7, 11) is 0. The topological polar surface area (TPSA) is 29.1 Å². The molecule has 0 bridgehead atoms. The van der Waals surface area contributed by atoms with E-state index in [9.17, 15) is 4.79 Å². The van der Waals surface area contributed by atoms with Gasteiger partial charge in [0.05, 0.1) is 6.04 Å². The molecule has 1 aliphatic carbocycles. The first-order valence-electron chi connectivity index (χ1n) is 4.96. The summed E-state index contributed by atoms with van der Waals surface area (Å²) >= 11 is 0. The second kappa shape index (κ2) is 2.84. The highest BCUT2D eigenvalue weighted by molar-refractivity contribution is 5.58. The van der Waals surface area contributed by atoms with Crippen LogP contribution in [0.5, 0.6) is 0 Å². The van der Waals surface area contributed by atoms with Crippen molar-refractivity contribution in [1.82, 2.24) is 5.32 Å². The van der Waals surface area contributed by atoms with Gasteiger partial charge in [0.1, 0.15) is 6.29 Å². The summed E-state index contributed by atoms with van der Waals surface area (Å²) in [4.78, 5) is 10.6. The standard InChI is InChI=1S/C10H17NO/c1-10-5-3-2-4-9(10)11-8(6-10)7-12/h7-9,11H,2-6H2,1H3/t8-,9-,10?/m0/s1. The molecule has 3 atom stereocenters. The van der Waals surface area contributed by atoms with Gasteiger partial charge in [0, 0.05) is 6.04 Å². The molecule has 1 saturated carbocycles. The molecule has 0 aromatic carbocycles. The number of hydrogen-bond acceptors (Lipinski definition) is 2. The third-order valence-corrected chi connectivity index (χ3v) is 3.60. The molecule has 12 heavy (non-hydrogen) atoms. The zero-order valence-electron chi connectivity index (χ0n) is 7.68. The molecule has 1 aliphatic heterocycles. The fraction of sp³-hybridized carbons (Fsp3) is 0.900. The lowest BCUT2D eigenvalue weighted by Crippen LogP contribution is -2.38. The van der Waals surface area contributed by atoms with Crippen LogP contribution in [-0.2, 0) is 4.79 Å². The lowest BCUT2D eigenvalue weighted by Gasteiger charge is -2.35. The summed E-state index contributed by atoms with van der Waals surface area (Å²) in [6.45, 7) is 2.33. The number of carbonyl (C=O) groups is 1. The fourth-order valence-corrected chi connectivity index (χ4v) is 2.84. The Morgan fingerprint density at radius 3 is 3.00 bits per heavy atom. The van der Waals surface area contributed by atoms with E-state index in [-0.39, 0.29) is 6.04 Å². The molecule has 2 fully saturated rings. The first-order valence-corrected chi connectivity index (χ1v) is 4.96. The fourth-order valence-electron chi connectivity index (χ4n) is 2.84. The number of nitrogens with one attached hydrogen (secondary N) is 1. The van der Waals surface area contributed by atoms with Crippen molar-refractivity contribution in [2.45, 2.75) is 51.1 Å². The summed E-state index contributed by atoms with van der Waals surface area (Å²) in [5.74, 6) is 0. The number of aldehydes is 1. The van der Waals surface area contributed by atoms with Crippen LogP contribution in [0.15, 0.2) is 0 Å². The molecule has 1 saturated heterocycles. The molecule has 68 valence electrons. The van der Waals surface area contributed by atoms with Gasteiger partial charge in [-0.15, -0.1) is 0 Å².